The van der Waals surface area contributed by atoms with E-state index in [0.717, 1.165) is 5.56 Å². The fourth-order valence-electron chi connectivity index (χ4n) is 6.64. The second kappa shape index (κ2) is 24.8. The number of carbonyl (C=O) groups is 9. The molecule has 19 nitrogen and oxygen atoms in total. The normalized spacial score (nSPS) is 16.7. The number of imide groups is 1. The first-order chi connectivity index (χ1) is 30.9. The molecule has 3 rings (SSSR count). The molecule has 9 amide bonds. The molecule has 2 aromatic carbocycles. The van der Waals surface area contributed by atoms with E-state index in [-0.39, 0.29) is 31.7 Å². The molecule has 9 N–H and O–H groups in total. The SMILES string of the molecule is Cc1ccccc1C[C@H](NC(=O)[C@@H](COCc1ccccc1)NC(=O)[C@H](CO)NC(=O)[C@@H]1CC(=O)NC(=O)N1)C(=O)N[C@H](C(=O)N[C@@H](CC(C)C)C(=O)NC(C=O)CC(F)(F)F)C(C)(C)C. The smallest absolute Gasteiger partial charge is 0.391 e. The quantitative estimate of drug-likeness (QED) is 0.0692. The lowest BCUT2D eigenvalue weighted by Crippen LogP contribution is -2.63. The summed E-state index contributed by atoms with van der Waals surface area (Å²) in [5.41, 5.74) is 0.927. The van der Waals surface area contributed by atoms with Gasteiger partial charge < -0.3 is 51.9 Å². The molecule has 0 radical (unpaired) electrons. The van der Waals surface area contributed by atoms with Crippen molar-refractivity contribution in [2.45, 2.75) is 122 Å². The van der Waals surface area contributed by atoms with Crippen LogP contribution >= 0.6 is 0 Å². The van der Waals surface area contributed by atoms with E-state index in [0.29, 0.717) is 11.1 Å². The van der Waals surface area contributed by atoms with Crippen molar-refractivity contribution in [1.29, 1.82) is 0 Å². The summed E-state index contributed by atoms with van der Waals surface area (Å²) in [4.78, 5) is 118. The van der Waals surface area contributed by atoms with Gasteiger partial charge in [0.15, 0.2) is 0 Å². The van der Waals surface area contributed by atoms with Gasteiger partial charge in [0.05, 0.1) is 38.7 Å². The fraction of sp³-hybridized carbons (Fsp3) is 0.523. The molecule has 1 heterocycles. The Balaban J connectivity index is 1.93. The molecule has 2 aromatic rings. The first-order valence-electron chi connectivity index (χ1n) is 21.1. The molecule has 1 unspecified atom stereocenters. The summed E-state index contributed by atoms with van der Waals surface area (Å²) in [6, 6.07) is 3.80. The van der Waals surface area contributed by atoms with E-state index in [1.807, 2.05) is 10.6 Å². The summed E-state index contributed by atoms with van der Waals surface area (Å²) in [7, 11) is 0. The number of benzene rings is 2. The maximum atomic E-state index is 14.4. The first-order valence-corrected chi connectivity index (χ1v) is 21.1. The lowest BCUT2D eigenvalue weighted by molar-refractivity contribution is -0.147. The maximum absolute atomic E-state index is 14.4. The van der Waals surface area contributed by atoms with Gasteiger partial charge in [0, 0.05) is 6.42 Å². The molecule has 1 aliphatic heterocycles. The maximum Gasteiger partial charge on any atom is 0.391 e. The van der Waals surface area contributed by atoms with E-state index in [4.69, 9.17) is 4.74 Å². The largest absolute Gasteiger partial charge is 0.394 e. The van der Waals surface area contributed by atoms with Crippen LogP contribution in [0, 0.1) is 18.3 Å². The Morgan fingerprint density at radius 1 is 0.788 bits per heavy atom. The third-order valence-electron chi connectivity index (χ3n) is 10.1. The van der Waals surface area contributed by atoms with Crippen molar-refractivity contribution in [1.82, 2.24) is 42.5 Å². The van der Waals surface area contributed by atoms with Crippen LogP contribution in [0.4, 0.5) is 18.0 Å². The van der Waals surface area contributed by atoms with Crippen molar-refractivity contribution in [3.05, 3.63) is 71.3 Å². The lowest BCUT2D eigenvalue weighted by atomic mass is 9.85. The fourth-order valence-corrected chi connectivity index (χ4v) is 6.64. The van der Waals surface area contributed by atoms with E-state index in [1.54, 1.807) is 96.1 Å². The molecule has 0 aromatic heterocycles. The summed E-state index contributed by atoms with van der Waals surface area (Å²) in [6.45, 7) is 8.42. The summed E-state index contributed by atoms with van der Waals surface area (Å²) < 4.78 is 45.1. The number of hydrogen-bond acceptors (Lipinski definition) is 11. The molecule has 7 atom stereocenters. The van der Waals surface area contributed by atoms with Crippen molar-refractivity contribution in [3.8, 4) is 0 Å². The molecule has 0 saturated carbocycles. The Morgan fingerprint density at radius 3 is 1.94 bits per heavy atom. The monoisotopic (exact) mass is 932 g/mol. The number of ether oxygens (including phenoxy) is 1. The Hall–Kier alpha value is -6.42. The van der Waals surface area contributed by atoms with Gasteiger partial charge in [-0.15, -0.1) is 0 Å². The highest BCUT2D eigenvalue weighted by Crippen LogP contribution is 2.23. The van der Waals surface area contributed by atoms with Crippen LogP contribution in [0.5, 0.6) is 0 Å². The van der Waals surface area contributed by atoms with Crippen LogP contribution in [0.1, 0.15) is 70.6 Å². The van der Waals surface area contributed by atoms with Crippen molar-refractivity contribution < 1.29 is 66.2 Å². The molecule has 1 saturated heterocycles. The zero-order valence-corrected chi connectivity index (χ0v) is 37.5. The van der Waals surface area contributed by atoms with E-state index < -0.39 is 127 Å². The minimum atomic E-state index is -4.78. The highest BCUT2D eigenvalue weighted by molar-refractivity contribution is 6.03. The Kier molecular flexibility index (Phi) is 20.2. The number of aliphatic hydroxyl groups excluding tert-OH is 1. The second-order valence-corrected chi connectivity index (χ2v) is 17.3. The van der Waals surface area contributed by atoms with Crippen LogP contribution in [0.15, 0.2) is 54.6 Å². The predicted molar refractivity (Wildman–Crippen MR) is 230 cm³/mol. The zero-order valence-electron chi connectivity index (χ0n) is 37.5. The molecule has 22 heteroatoms. The summed E-state index contributed by atoms with van der Waals surface area (Å²) >= 11 is 0. The van der Waals surface area contributed by atoms with Gasteiger partial charge in [0.25, 0.3) is 0 Å². The minimum Gasteiger partial charge on any atom is -0.394 e. The second-order valence-electron chi connectivity index (χ2n) is 17.3. The van der Waals surface area contributed by atoms with E-state index in [9.17, 15) is 61.4 Å². The number of alkyl halides is 3. The number of hydrogen-bond donors (Lipinski definition) is 9. The third kappa shape index (κ3) is 17.9. The van der Waals surface area contributed by atoms with Crippen LogP contribution < -0.4 is 42.5 Å². The molecule has 66 heavy (non-hydrogen) atoms. The zero-order chi connectivity index (χ0) is 49.4. The number of aryl methyl sites for hydroxylation is 1. The number of amides is 9. The highest BCUT2D eigenvalue weighted by atomic mass is 19.4. The Labute approximate surface area is 379 Å². The third-order valence-corrected chi connectivity index (χ3v) is 10.1. The van der Waals surface area contributed by atoms with Crippen LogP contribution in [0.2, 0.25) is 0 Å². The van der Waals surface area contributed by atoms with Crippen LogP contribution in [-0.2, 0) is 56.1 Å². The number of aldehydes is 1. The van der Waals surface area contributed by atoms with Crippen LogP contribution in [0.3, 0.4) is 0 Å². The average molecular weight is 933 g/mol. The van der Waals surface area contributed by atoms with Gasteiger partial charge >= 0.3 is 12.2 Å². The molecular formula is C44H59F3N8O11. The number of carbonyl (C=O) groups excluding carboxylic acids is 9. The van der Waals surface area contributed by atoms with Crippen LogP contribution in [-0.4, -0.2) is 120 Å². The first kappa shape index (κ1) is 53.9. The van der Waals surface area contributed by atoms with Gasteiger partial charge in [0.1, 0.15) is 42.5 Å². The van der Waals surface area contributed by atoms with Crippen molar-refractivity contribution in [2.75, 3.05) is 13.2 Å². The van der Waals surface area contributed by atoms with Gasteiger partial charge in [0.2, 0.25) is 41.4 Å². The Morgan fingerprint density at radius 2 is 1.36 bits per heavy atom. The topological polar surface area (TPSA) is 279 Å². The number of nitrogens with one attached hydrogen (secondary N) is 8. The van der Waals surface area contributed by atoms with Crippen molar-refractivity contribution >= 4 is 53.7 Å². The molecule has 0 spiro atoms. The Bertz CT molecular complexity index is 2030. The van der Waals surface area contributed by atoms with Gasteiger partial charge in [-0.2, -0.15) is 13.2 Å². The van der Waals surface area contributed by atoms with Crippen molar-refractivity contribution in [2.24, 2.45) is 11.3 Å². The lowest BCUT2D eigenvalue weighted by Gasteiger charge is -2.34. The molecular weight excluding hydrogens is 874 g/mol. The van der Waals surface area contributed by atoms with Gasteiger partial charge in [-0.1, -0.05) is 89.2 Å². The number of halogens is 3. The number of rotatable bonds is 23. The summed E-state index contributed by atoms with van der Waals surface area (Å²) in [5.74, 6) is -6.92. The molecule has 0 bridgehead atoms. The number of urea groups is 1. The average Bonchev–Trinajstić information content (AvgIpc) is 3.22. The van der Waals surface area contributed by atoms with Crippen LogP contribution in [0.25, 0.3) is 0 Å². The molecule has 1 aliphatic rings. The summed E-state index contributed by atoms with van der Waals surface area (Å²) in [6.07, 6.45) is -7.14. The molecule has 362 valence electrons. The van der Waals surface area contributed by atoms with E-state index in [1.165, 1.54) is 0 Å². The number of aliphatic hydroxyl groups is 1. The van der Waals surface area contributed by atoms with Gasteiger partial charge in [-0.05, 0) is 41.4 Å². The van der Waals surface area contributed by atoms with Crippen molar-refractivity contribution in [3.63, 3.8) is 0 Å². The van der Waals surface area contributed by atoms with Gasteiger partial charge in [-0.25, -0.2) is 4.79 Å². The predicted octanol–water partition coefficient (Wildman–Crippen LogP) is 0.497. The molecule has 0 aliphatic carbocycles. The van der Waals surface area contributed by atoms with E-state index in [2.05, 4.69) is 31.9 Å². The minimum absolute atomic E-state index is 0.0342. The summed E-state index contributed by atoms with van der Waals surface area (Å²) in [5, 5.41) is 28.8. The van der Waals surface area contributed by atoms with E-state index >= 15 is 0 Å². The molecule has 1 fully saturated rings. The standard InChI is InChI=1S/C44H59F3N8O11/c1-24(2)16-29(36(59)48-28(20-56)19-44(45,46)47)50-41(64)35(43(4,5)6)55-38(61)30(17-27-15-11-10-12-25(27)3)49-40(63)33(23-66-22-26-13-8-7-9-14-26)52-39(62)32(21-57)51-37(60)31-18-34(58)54-42(65)53-31/h7-15,20,24,28-33,35,57H,16-19,21-23H2,1-6H3,(H,48,59)(H,49,63)(H,50,64)(H,51,60)(H,52,62)(H,55,61)(H2,53,54,58,65)/t28?,29-,30-,31-,32-,33+,35+/m0/s1. The highest BCUT2D eigenvalue weighted by Gasteiger charge is 2.39. The van der Waals surface area contributed by atoms with Gasteiger partial charge in [-0.3, -0.25) is 38.9 Å².